The van der Waals surface area contributed by atoms with E-state index in [0.29, 0.717) is 0 Å². The first-order chi connectivity index (χ1) is 7.09. The summed E-state index contributed by atoms with van der Waals surface area (Å²) in [7, 11) is 0. The molecule has 1 aromatic heterocycles. The van der Waals surface area contributed by atoms with Crippen LogP contribution >= 0.6 is 0 Å². The molecule has 76 valence electrons. The van der Waals surface area contributed by atoms with E-state index in [-0.39, 0.29) is 16.6 Å². The van der Waals surface area contributed by atoms with E-state index in [0.717, 1.165) is 12.1 Å². The third kappa shape index (κ3) is 1.52. The van der Waals surface area contributed by atoms with E-state index in [1.165, 1.54) is 12.1 Å². The van der Waals surface area contributed by atoms with E-state index in [1.807, 2.05) is 0 Å². The molecule has 0 radical (unpaired) electrons. The molecule has 0 saturated heterocycles. The van der Waals surface area contributed by atoms with Crippen molar-refractivity contribution in [3.63, 3.8) is 0 Å². The van der Waals surface area contributed by atoms with E-state index in [9.17, 15) is 13.6 Å². The Morgan fingerprint density at radius 2 is 1.80 bits per heavy atom. The molecular formula is C10H6F2N2O. The molecule has 0 unspecified atom stereocenters. The third-order valence-electron chi connectivity index (χ3n) is 2.01. The highest BCUT2D eigenvalue weighted by molar-refractivity contribution is 5.93. The Kier molecular flexibility index (Phi) is 2.07. The molecule has 0 fully saturated rings. The Labute approximate surface area is 83.5 Å². The smallest absolute Gasteiger partial charge is 0.267 e. The van der Waals surface area contributed by atoms with Crippen LogP contribution in [0.1, 0.15) is 10.5 Å². The molecule has 0 bridgehead atoms. The number of nitrogens with two attached hydrogens (primary N) is 1. The zero-order chi connectivity index (χ0) is 11.0. The molecule has 0 atom stereocenters. The Morgan fingerprint density at radius 3 is 2.47 bits per heavy atom. The van der Waals surface area contributed by atoms with Crippen molar-refractivity contribution in [2.75, 3.05) is 0 Å². The van der Waals surface area contributed by atoms with Crippen molar-refractivity contribution in [2.24, 2.45) is 5.73 Å². The van der Waals surface area contributed by atoms with Crippen LogP contribution in [0.3, 0.4) is 0 Å². The summed E-state index contributed by atoms with van der Waals surface area (Å²) in [6.45, 7) is 0. The number of halogens is 2. The maximum atomic E-state index is 13.2. The summed E-state index contributed by atoms with van der Waals surface area (Å²) in [6.07, 6.45) is 0. The van der Waals surface area contributed by atoms with Crippen LogP contribution in [0.15, 0.2) is 24.3 Å². The van der Waals surface area contributed by atoms with Gasteiger partial charge in [-0.1, -0.05) is 0 Å². The fourth-order valence-corrected chi connectivity index (χ4v) is 1.29. The number of carbonyl (C=O) groups excluding carboxylic acids is 1. The van der Waals surface area contributed by atoms with Crippen molar-refractivity contribution in [1.82, 2.24) is 4.98 Å². The Hall–Kier alpha value is -2.04. The molecular weight excluding hydrogens is 202 g/mol. The molecule has 2 aromatic rings. The number of aromatic nitrogens is 1. The van der Waals surface area contributed by atoms with Gasteiger partial charge in [0.1, 0.15) is 22.8 Å². The lowest BCUT2D eigenvalue weighted by molar-refractivity contribution is 0.0996. The first-order valence-corrected chi connectivity index (χ1v) is 4.14. The standard InChI is InChI=1S/C10H6F2N2O/c11-6-2-3-7(12)9-5(6)1-4-8(14-9)10(13)15/h1-4H,(H2,13,15). The number of hydrogen-bond donors (Lipinski definition) is 1. The molecule has 0 spiro atoms. The quantitative estimate of drug-likeness (QED) is 0.774. The van der Waals surface area contributed by atoms with E-state index in [2.05, 4.69) is 4.98 Å². The Morgan fingerprint density at radius 1 is 1.13 bits per heavy atom. The minimum Gasteiger partial charge on any atom is -0.364 e. The second-order valence-corrected chi connectivity index (χ2v) is 2.99. The van der Waals surface area contributed by atoms with Crippen molar-refractivity contribution >= 4 is 16.8 Å². The molecule has 2 rings (SSSR count). The fraction of sp³-hybridized carbons (Fsp3) is 0. The SMILES string of the molecule is NC(=O)c1ccc2c(F)ccc(F)c2n1. The highest BCUT2D eigenvalue weighted by Crippen LogP contribution is 2.19. The number of benzene rings is 1. The molecule has 0 aliphatic heterocycles. The number of primary amides is 1. The van der Waals surface area contributed by atoms with Gasteiger partial charge in [0.25, 0.3) is 5.91 Å². The molecule has 5 heteroatoms. The molecule has 15 heavy (non-hydrogen) atoms. The third-order valence-corrected chi connectivity index (χ3v) is 2.01. The number of pyridine rings is 1. The minimum atomic E-state index is -0.777. The van der Waals surface area contributed by atoms with Crippen LogP contribution in [0.5, 0.6) is 0 Å². The predicted octanol–water partition coefficient (Wildman–Crippen LogP) is 1.61. The van der Waals surface area contributed by atoms with Gasteiger partial charge in [0.05, 0.1) is 0 Å². The van der Waals surface area contributed by atoms with Crippen LogP contribution in [0.25, 0.3) is 10.9 Å². The number of nitrogens with zero attached hydrogens (tertiary/aromatic N) is 1. The van der Waals surface area contributed by atoms with Crippen LogP contribution in [0.2, 0.25) is 0 Å². The van der Waals surface area contributed by atoms with Crippen molar-refractivity contribution in [2.45, 2.75) is 0 Å². The summed E-state index contributed by atoms with van der Waals surface area (Å²) in [5.41, 5.74) is 4.70. The van der Waals surface area contributed by atoms with Gasteiger partial charge in [-0.2, -0.15) is 0 Å². The van der Waals surface area contributed by atoms with Crippen LogP contribution in [0.4, 0.5) is 8.78 Å². The van der Waals surface area contributed by atoms with E-state index < -0.39 is 17.5 Å². The zero-order valence-electron chi connectivity index (χ0n) is 7.50. The van der Waals surface area contributed by atoms with Gasteiger partial charge in [-0.15, -0.1) is 0 Å². The van der Waals surface area contributed by atoms with Crippen molar-refractivity contribution in [1.29, 1.82) is 0 Å². The highest BCUT2D eigenvalue weighted by Gasteiger charge is 2.10. The van der Waals surface area contributed by atoms with Gasteiger partial charge in [0.15, 0.2) is 0 Å². The van der Waals surface area contributed by atoms with Gasteiger partial charge in [-0.25, -0.2) is 13.8 Å². The number of fused-ring (bicyclic) bond motifs is 1. The second kappa shape index (κ2) is 3.27. The summed E-state index contributed by atoms with van der Waals surface area (Å²) in [4.78, 5) is 14.4. The minimum absolute atomic E-state index is 0.0278. The van der Waals surface area contributed by atoms with E-state index >= 15 is 0 Å². The molecule has 1 aromatic carbocycles. The maximum absolute atomic E-state index is 13.2. The monoisotopic (exact) mass is 208 g/mol. The lowest BCUT2D eigenvalue weighted by atomic mass is 10.2. The predicted molar refractivity (Wildman–Crippen MR) is 50.2 cm³/mol. The van der Waals surface area contributed by atoms with Crippen molar-refractivity contribution in [3.05, 3.63) is 41.6 Å². The van der Waals surface area contributed by atoms with Crippen LogP contribution in [-0.4, -0.2) is 10.9 Å². The van der Waals surface area contributed by atoms with E-state index in [1.54, 1.807) is 0 Å². The normalized spacial score (nSPS) is 10.5. The van der Waals surface area contributed by atoms with Crippen molar-refractivity contribution < 1.29 is 13.6 Å². The average Bonchev–Trinajstić information content (AvgIpc) is 2.23. The first kappa shape index (κ1) is 9.51. The molecule has 3 nitrogen and oxygen atoms in total. The molecule has 2 N–H and O–H groups in total. The summed E-state index contributed by atoms with van der Waals surface area (Å²) in [5.74, 6) is -2.05. The van der Waals surface area contributed by atoms with Gasteiger partial charge in [-0.3, -0.25) is 4.79 Å². The largest absolute Gasteiger partial charge is 0.364 e. The van der Waals surface area contributed by atoms with Gasteiger partial charge in [-0.05, 0) is 24.3 Å². The van der Waals surface area contributed by atoms with Crippen LogP contribution < -0.4 is 5.73 Å². The second-order valence-electron chi connectivity index (χ2n) is 2.99. The van der Waals surface area contributed by atoms with Crippen LogP contribution in [-0.2, 0) is 0 Å². The number of amides is 1. The van der Waals surface area contributed by atoms with Gasteiger partial charge < -0.3 is 5.73 Å². The van der Waals surface area contributed by atoms with E-state index in [4.69, 9.17) is 5.73 Å². The molecule has 0 saturated carbocycles. The van der Waals surface area contributed by atoms with Gasteiger partial charge in [0.2, 0.25) is 0 Å². The summed E-state index contributed by atoms with van der Waals surface area (Å²) < 4.78 is 26.4. The summed E-state index contributed by atoms with van der Waals surface area (Å²) in [6, 6.07) is 4.49. The summed E-state index contributed by atoms with van der Waals surface area (Å²) >= 11 is 0. The zero-order valence-corrected chi connectivity index (χ0v) is 7.50. The topological polar surface area (TPSA) is 56.0 Å². The van der Waals surface area contributed by atoms with Crippen molar-refractivity contribution in [3.8, 4) is 0 Å². The number of rotatable bonds is 1. The Balaban J connectivity index is 2.81. The summed E-state index contributed by atoms with van der Waals surface area (Å²) in [5, 5.41) is 0.0278. The lowest BCUT2D eigenvalue weighted by Gasteiger charge is -2.01. The molecule has 0 aliphatic rings. The maximum Gasteiger partial charge on any atom is 0.267 e. The van der Waals surface area contributed by atoms with Gasteiger partial charge in [0, 0.05) is 5.39 Å². The molecule has 1 heterocycles. The average molecular weight is 208 g/mol. The first-order valence-electron chi connectivity index (χ1n) is 4.14. The number of hydrogen-bond acceptors (Lipinski definition) is 2. The lowest BCUT2D eigenvalue weighted by Crippen LogP contribution is -2.13. The number of carbonyl (C=O) groups is 1. The Bertz CT molecular complexity index is 554. The van der Waals surface area contributed by atoms with Gasteiger partial charge >= 0.3 is 0 Å². The van der Waals surface area contributed by atoms with Crippen LogP contribution in [0, 0.1) is 11.6 Å². The highest BCUT2D eigenvalue weighted by atomic mass is 19.1. The fourth-order valence-electron chi connectivity index (χ4n) is 1.29. The molecule has 0 aliphatic carbocycles. The molecule has 1 amide bonds.